The number of benzene rings is 1. The fourth-order valence-corrected chi connectivity index (χ4v) is 2.98. The van der Waals surface area contributed by atoms with Crippen LogP contribution in [0.3, 0.4) is 0 Å². The van der Waals surface area contributed by atoms with Gasteiger partial charge in [0, 0.05) is 5.56 Å². The summed E-state index contributed by atoms with van der Waals surface area (Å²) in [6.07, 6.45) is 0. The van der Waals surface area contributed by atoms with Crippen molar-refractivity contribution < 1.29 is 28.7 Å². The molecule has 2 heterocycles. The summed E-state index contributed by atoms with van der Waals surface area (Å²) in [6, 6.07) is 3.47. The van der Waals surface area contributed by atoms with Crippen molar-refractivity contribution in [3.05, 3.63) is 23.8 Å². The molecule has 2 atom stereocenters. The molecule has 0 bridgehead atoms. The average molecular weight is 359 g/mol. The van der Waals surface area contributed by atoms with Crippen LogP contribution >= 0.6 is 0 Å². The number of rotatable bonds is 5. The van der Waals surface area contributed by atoms with Crippen LogP contribution in [0.15, 0.2) is 23.3 Å². The Bertz CT molecular complexity index is 847. The smallest absolute Gasteiger partial charge is 0.355 e. The van der Waals surface area contributed by atoms with Crippen molar-refractivity contribution in [2.75, 3.05) is 18.6 Å². The summed E-state index contributed by atoms with van der Waals surface area (Å²) in [7, 11) is 1.39. The molecule has 9 nitrogen and oxygen atoms in total. The van der Waals surface area contributed by atoms with Crippen LogP contribution in [0.4, 0.5) is 5.69 Å². The van der Waals surface area contributed by atoms with Gasteiger partial charge in [-0.15, -0.1) is 0 Å². The number of Topliss-reactive ketones (excluding diaryl/α,β-unsaturated/α-hetero) is 1. The standard InChI is InChI=1S/C17H17N3O6/c1-4-26-17(24)14-12-13(18-19-14)16(23)20(15(12)22)10-7-9(8(2)21)5-6-11(10)25-3/h5-7,12-13,18H,4H2,1-3H3/t12-,13-/m1/s1. The summed E-state index contributed by atoms with van der Waals surface area (Å²) in [5.41, 5.74) is 2.86. The van der Waals surface area contributed by atoms with E-state index in [2.05, 4.69) is 10.5 Å². The number of amides is 2. The third kappa shape index (κ3) is 2.61. The highest BCUT2D eigenvalue weighted by atomic mass is 16.5. The predicted molar refractivity (Wildman–Crippen MR) is 90.0 cm³/mol. The number of carbonyl (C=O) groups excluding carboxylic acids is 4. The van der Waals surface area contributed by atoms with Gasteiger partial charge in [0.15, 0.2) is 11.5 Å². The molecular formula is C17H17N3O6. The molecule has 2 aliphatic heterocycles. The van der Waals surface area contributed by atoms with Crippen LogP contribution < -0.4 is 15.1 Å². The normalized spacial score (nSPS) is 21.2. The Morgan fingerprint density at radius 2 is 2.00 bits per heavy atom. The number of methoxy groups -OCH3 is 1. The first-order valence-corrected chi connectivity index (χ1v) is 7.97. The predicted octanol–water partition coefficient (Wildman–Crippen LogP) is 0.278. The van der Waals surface area contributed by atoms with Gasteiger partial charge in [0.2, 0.25) is 5.91 Å². The van der Waals surface area contributed by atoms with E-state index in [1.165, 1.54) is 26.2 Å². The molecular weight excluding hydrogens is 342 g/mol. The molecule has 1 aromatic carbocycles. The van der Waals surface area contributed by atoms with Crippen LogP contribution in [-0.4, -0.2) is 49.0 Å². The van der Waals surface area contributed by atoms with Gasteiger partial charge in [0.1, 0.15) is 17.7 Å². The molecule has 2 aliphatic rings. The van der Waals surface area contributed by atoms with Crippen molar-refractivity contribution in [1.82, 2.24) is 5.43 Å². The van der Waals surface area contributed by atoms with Crippen molar-refractivity contribution >= 4 is 35.0 Å². The topological polar surface area (TPSA) is 114 Å². The second-order valence-electron chi connectivity index (χ2n) is 5.76. The summed E-state index contributed by atoms with van der Waals surface area (Å²) in [4.78, 5) is 50.2. The zero-order chi connectivity index (χ0) is 19.0. The van der Waals surface area contributed by atoms with Crippen molar-refractivity contribution in [2.24, 2.45) is 11.0 Å². The number of ether oxygens (including phenoxy) is 2. The van der Waals surface area contributed by atoms with Gasteiger partial charge in [-0.1, -0.05) is 0 Å². The molecule has 3 rings (SSSR count). The van der Waals surface area contributed by atoms with Gasteiger partial charge in [0.05, 0.1) is 19.4 Å². The molecule has 1 aromatic rings. The average Bonchev–Trinajstić information content (AvgIpc) is 3.15. The van der Waals surface area contributed by atoms with Gasteiger partial charge in [-0.2, -0.15) is 5.10 Å². The van der Waals surface area contributed by atoms with Gasteiger partial charge >= 0.3 is 5.97 Å². The highest BCUT2D eigenvalue weighted by Crippen LogP contribution is 2.36. The molecule has 136 valence electrons. The minimum absolute atomic E-state index is 0.121. The van der Waals surface area contributed by atoms with E-state index in [0.29, 0.717) is 5.56 Å². The van der Waals surface area contributed by atoms with Crippen LogP contribution in [0.25, 0.3) is 0 Å². The maximum atomic E-state index is 12.9. The molecule has 0 aromatic heterocycles. The van der Waals surface area contributed by atoms with Gasteiger partial charge in [-0.05, 0) is 32.0 Å². The lowest BCUT2D eigenvalue weighted by atomic mass is 9.99. The minimum atomic E-state index is -1.08. The Morgan fingerprint density at radius 3 is 2.62 bits per heavy atom. The highest BCUT2D eigenvalue weighted by molar-refractivity contribution is 6.46. The largest absolute Gasteiger partial charge is 0.495 e. The molecule has 0 aliphatic carbocycles. The maximum absolute atomic E-state index is 12.9. The number of esters is 1. The molecule has 0 saturated carbocycles. The number of nitrogens with zero attached hydrogens (tertiary/aromatic N) is 2. The lowest BCUT2D eigenvalue weighted by Crippen LogP contribution is -2.36. The van der Waals surface area contributed by atoms with Gasteiger partial charge in [-0.3, -0.25) is 19.8 Å². The molecule has 0 radical (unpaired) electrons. The fourth-order valence-electron chi connectivity index (χ4n) is 2.98. The lowest BCUT2D eigenvalue weighted by Gasteiger charge is -2.19. The third-order valence-corrected chi connectivity index (χ3v) is 4.24. The lowest BCUT2D eigenvalue weighted by molar-refractivity contribution is -0.136. The monoisotopic (exact) mass is 359 g/mol. The zero-order valence-electron chi connectivity index (χ0n) is 14.4. The van der Waals surface area contributed by atoms with Crippen molar-refractivity contribution in [2.45, 2.75) is 19.9 Å². The molecule has 26 heavy (non-hydrogen) atoms. The quantitative estimate of drug-likeness (QED) is 0.456. The van der Waals surface area contributed by atoms with E-state index in [1.54, 1.807) is 13.0 Å². The zero-order valence-corrected chi connectivity index (χ0v) is 14.4. The van der Waals surface area contributed by atoms with E-state index in [0.717, 1.165) is 4.90 Å². The molecule has 0 spiro atoms. The number of hydrazone groups is 1. The first kappa shape index (κ1) is 17.6. The molecule has 2 amide bonds. The summed E-state index contributed by atoms with van der Waals surface area (Å²) in [5, 5.41) is 3.79. The summed E-state index contributed by atoms with van der Waals surface area (Å²) in [6.45, 7) is 3.13. The molecule has 0 unspecified atom stereocenters. The van der Waals surface area contributed by atoms with Crippen molar-refractivity contribution in [3.8, 4) is 5.75 Å². The minimum Gasteiger partial charge on any atom is -0.495 e. The van der Waals surface area contributed by atoms with Crippen molar-refractivity contribution in [3.63, 3.8) is 0 Å². The van der Waals surface area contributed by atoms with Crippen LogP contribution in [-0.2, 0) is 19.1 Å². The Labute approximate surface area is 148 Å². The molecule has 1 fully saturated rings. The number of hydrogen-bond acceptors (Lipinski definition) is 8. The van der Waals surface area contributed by atoms with Gasteiger partial charge in [-0.25, -0.2) is 9.69 Å². The van der Waals surface area contributed by atoms with Gasteiger partial charge in [0.25, 0.3) is 5.91 Å². The molecule has 1 N–H and O–H groups in total. The number of nitrogens with one attached hydrogen (secondary N) is 1. The summed E-state index contributed by atoms with van der Waals surface area (Å²) in [5.74, 6) is -3.00. The second-order valence-corrected chi connectivity index (χ2v) is 5.76. The Balaban J connectivity index is 2.01. The fraction of sp³-hybridized carbons (Fsp3) is 0.353. The number of carbonyl (C=O) groups is 4. The van der Waals surface area contributed by atoms with E-state index >= 15 is 0 Å². The second kappa shape index (κ2) is 6.58. The van der Waals surface area contributed by atoms with E-state index in [4.69, 9.17) is 9.47 Å². The van der Waals surface area contributed by atoms with Crippen LogP contribution in [0.1, 0.15) is 24.2 Å². The van der Waals surface area contributed by atoms with Gasteiger partial charge < -0.3 is 9.47 Å². The van der Waals surface area contributed by atoms with Crippen LogP contribution in [0.2, 0.25) is 0 Å². The van der Waals surface area contributed by atoms with Crippen molar-refractivity contribution in [1.29, 1.82) is 0 Å². The molecule has 1 saturated heterocycles. The number of ketones is 1. The van der Waals surface area contributed by atoms with Crippen LogP contribution in [0, 0.1) is 5.92 Å². The Hall–Kier alpha value is -3.23. The van der Waals surface area contributed by atoms with E-state index < -0.39 is 29.7 Å². The Kier molecular flexibility index (Phi) is 4.45. The van der Waals surface area contributed by atoms with E-state index in [1.807, 2.05) is 0 Å². The number of anilines is 1. The summed E-state index contributed by atoms with van der Waals surface area (Å²) >= 11 is 0. The highest BCUT2D eigenvalue weighted by Gasteiger charge is 2.56. The summed E-state index contributed by atoms with van der Waals surface area (Å²) < 4.78 is 10.1. The van der Waals surface area contributed by atoms with E-state index in [9.17, 15) is 19.2 Å². The number of fused-ring (bicyclic) bond motifs is 1. The molecule has 9 heteroatoms. The third-order valence-electron chi connectivity index (χ3n) is 4.24. The first-order chi connectivity index (χ1) is 12.4. The SMILES string of the molecule is CCOC(=O)C1=NN[C@H]2C(=O)N(c3cc(C(C)=O)ccc3OC)C(=O)[C@@H]12. The number of hydrogen-bond donors (Lipinski definition) is 1. The van der Waals surface area contributed by atoms with Crippen LogP contribution in [0.5, 0.6) is 5.75 Å². The maximum Gasteiger partial charge on any atom is 0.355 e. The first-order valence-electron chi connectivity index (χ1n) is 7.97. The van der Waals surface area contributed by atoms with E-state index in [-0.39, 0.29) is 29.5 Å². The number of imide groups is 1. The Morgan fingerprint density at radius 1 is 1.27 bits per heavy atom.